The van der Waals surface area contributed by atoms with E-state index < -0.39 is 10.0 Å². The van der Waals surface area contributed by atoms with Gasteiger partial charge in [0, 0.05) is 44.2 Å². The van der Waals surface area contributed by atoms with E-state index >= 15 is 0 Å². The third-order valence-electron chi connectivity index (χ3n) is 5.52. The molecular formula is C24H32N4O4S. The van der Waals surface area contributed by atoms with Crippen molar-refractivity contribution < 1.29 is 17.9 Å². The van der Waals surface area contributed by atoms with Crippen LogP contribution in [0, 0.1) is 0 Å². The van der Waals surface area contributed by atoms with Crippen molar-refractivity contribution in [2.45, 2.75) is 51.5 Å². The average molecular weight is 473 g/mol. The first-order chi connectivity index (χ1) is 15.8. The number of benzene rings is 2. The van der Waals surface area contributed by atoms with Gasteiger partial charge in [-0.05, 0) is 36.8 Å². The van der Waals surface area contributed by atoms with Gasteiger partial charge in [0.1, 0.15) is 11.6 Å². The lowest BCUT2D eigenvalue weighted by Crippen LogP contribution is -2.30. The summed E-state index contributed by atoms with van der Waals surface area (Å²) in [5, 5.41) is 2.89. The monoisotopic (exact) mass is 472 g/mol. The van der Waals surface area contributed by atoms with Gasteiger partial charge in [-0.15, -0.1) is 0 Å². The van der Waals surface area contributed by atoms with Crippen LogP contribution in [0.5, 0.6) is 5.75 Å². The summed E-state index contributed by atoms with van der Waals surface area (Å²) < 4.78 is 34.5. The zero-order valence-electron chi connectivity index (χ0n) is 19.7. The van der Waals surface area contributed by atoms with Crippen LogP contribution in [0.25, 0.3) is 11.0 Å². The number of aryl methyl sites for hydroxylation is 2. The third kappa shape index (κ3) is 5.54. The number of ether oxygens (including phenoxy) is 1. The topological polar surface area (TPSA) is 93.5 Å². The fourth-order valence-corrected chi connectivity index (χ4v) is 5.32. The maximum absolute atomic E-state index is 12.9. The smallest absolute Gasteiger partial charge is 0.243 e. The van der Waals surface area contributed by atoms with Crippen LogP contribution in [0.1, 0.15) is 39.4 Å². The molecule has 178 valence electrons. The van der Waals surface area contributed by atoms with Gasteiger partial charge in [-0.2, -0.15) is 4.31 Å². The Bertz CT molecular complexity index is 1220. The zero-order chi connectivity index (χ0) is 24.0. The molecule has 0 atom stereocenters. The number of carbonyl (C=O) groups is 1. The predicted octanol–water partition coefficient (Wildman–Crippen LogP) is 4.06. The number of imidazole rings is 1. The molecule has 0 saturated carbocycles. The van der Waals surface area contributed by atoms with Crippen LogP contribution in [0.4, 0.5) is 5.69 Å². The number of fused-ring (bicyclic) bond motifs is 1. The van der Waals surface area contributed by atoms with Crippen molar-refractivity contribution in [3.05, 3.63) is 48.3 Å². The SMILES string of the molecule is CCCn1c(CCC(=O)Nc2cccc(OC)c2)nc2cc(S(=O)(=O)N(CC)CC)ccc21. The molecule has 33 heavy (non-hydrogen) atoms. The van der Waals surface area contributed by atoms with Crippen LogP contribution in [0.3, 0.4) is 0 Å². The number of methoxy groups -OCH3 is 1. The van der Waals surface area contributed by atoms with E-state index in [1.807, 2.05) is 38.1 Å². The summed E-state index contributed by atoms with van der Waals surface area (Å²) >= 11 is 0. The molecule has 0 aliphatic rings. The van der Waals surface area contributed by atoms with E-state index in [0.717, 1.165) is 24.3 Å². The number of rotatable bonds is 11. The molecule has 1 N–H and O–H groups in total. The molecule has 3 rings (SSSR count). The molecule has 0 aliphatic carbocycles. The minimum Gasteiger partial charge on any atom is -0.497 e. The second-order valence-electron chi connectivity index (χ2n) is 7.70. The summed E-state index contributed by atoms with van der Waals surface area (Å²) in [6.07, 6.45) is 1.60. The molecule has 2 aromatic carbocycles. The lowest BCUT2D eigenvalue weighted by atomic mass is 10.2. The molecule has 0 spiro atoms. The fraction of sp³-hybridized carbons (Fsp3) is 0.417. The summed E-state index contributed by atoms with van der Waals surface area (Å²) in [4.78, 5) is 17.5. The Balaban J connectivity index is 1.83. The molecule has 8 nitrogen and oxygen atoms in total. The Kier molecular flexibility index (Phi) is 8.10. The van der Waals surface area contributed by atoms with E-state index in [2.05, 4.69) is 16.8 Å². The van der Waals surface area contributed by atoms with Gasteiger partial charge in [0.05, 0.1) is 23.0 Å². The minimum atomic E-state index is -3.56. The zero-order valence-corrected chi connectivity index (χ0v) is 20.5. The van der Waals surface area contributed by atoms with Crippen molar-refractivity contribution in [2.24, 2.45) is 0 Å². The van der Waals surface area contributed by atoms with Gasteiger partial charge < -0.3 is 14.6 Å². The van der Waals surface area contributed by atoms with Crippen molar-refractivity contribution in [2.75, 3.05) is 25.5 Å². The van der Waals surface area contributed by atoms with Crippen LogP contribution in [-0.2, 0) is 27.8 Å². The summed E-state index contributed by atoms with van der Waals surface area (Å²) in [6, 6.07) is 12.3. The van der Waals surface area contributed by atoms with Crippen LogP contribution < -0.4 is 10.1 Å². The maximum Gasteiger partial charge on any atom is 0.243 e. The van der Waals surface area contributed by atoms with Crippen LogP contribution in [-0.4, -0.2) is 48.4 Å². The molecule has 1 amide bonds. The molecule has 0 aliphatic heterocycles. The lowest BCUT2D eigenvalue weighted by Gasteiger charge is -2.18. The second kappa shape index (κ2) is 10.8. The fourth-order valence-electron chi connectivity index (χ4n) is 3.85. The Morgan fingerprint density at radius 1 is 1.12 bits per heavy atom. The Hall–Kier alpha value is -2.91. The molecule has 9 heteroatoms. The third-order valence-corrected chi connectivity index (χ3v) is 7.56. The number of aromatic nitrogens is 2. The van der Waals surface area contributed by atoms with E-state index in [4.69, 9.17) is 9.72 Å². The maximum atomic E-state index is 12.9. The van der Waals surface area contributed by atoms with E-state index in [0.29, 0.717) is 36.5 Å². The first kappa shape index (κ1) is 24.7. The highest BCUT2D eigenvalue weighted by Crippen LogP contribution is 2.24. The molecule has 0 radical (unpaired) electrons. The van der Waals surface area contributed by atoms with Crippen molar-refractivity contribution in [3.63, 3.8) is 0 Å². The number of amides is 1. The predicted molar refractivity (Wildman–Crippen MR) is 130 cm³/mol. The Morgan fingerprint density at radius 3 is 2.55 bits per heavy atom. The van der Waals surface area contributed by atoms with E-state index in [9.17, 15) is 13.2 Å². The number of carbonyl (C=O) groups excluding carboxylic acids is 1. The van der Waals surface area contributed by atoms with Crippen molar-refractivity contribution in [3.8, 4) is 5.75 Å². The lowest BCUT2D eigenvalue weighted by molar-refractivity contribution is -0.116. The molecule has 0 fully saturated rings. The summed E-state index contributed by atoms with van der Waals surface area (Å²) in [7, 11) is -1.98. The van der Waals surface area contributed by atoms with Gasteiger partial charge >= 0.3 is 0 Å². The first-order valence-electron chi connectivity index (χ1n) is 11.3. The molecule has 0 bridgehead atoms. The summed E-state index contributed by atoms with van der Waals surface area (Å²) in [6.45, 7) is 7.29. The summed E-state index contributed by atoms with van der Waals surface area (Å²) in [5.41, 5.74) is 2.17. The van der Waals surface area contributed by atoms with Gasteiger partial charge in [0.2, 0.25) is 15.9 Å². The van der Waals surface area contributed by atoms with E-state index in [1.165, 1.54) is 4.31 Å². The quantitative estimate of drug-likeness (QED) is 0.454. The molecule has 0 unspecified atom stereocenters. The van der Waals surface area contributed by atoms with E-state index in [1.54, 1.807) is 25.3 Å². The Morgan fingerprint density at radius 2 is 1.88 bits per heavy atom. The molecule has 1 aromatic heterocycles. The van der Waals surface area contributed by atoms with Crippen molar-refractivity contribution in [1.29, 1.82) is 0 Å². The largest absolute Gasteiger partial charge is 0.497 e. The number of anilines is 1. The summed E-state index contributed by atoms with van der Waals surface area (Å²) in [5.74, 6) is 1.32. The van der Waals surface area contributed by atoms with Gasteiger partial charge in [-0.3, -0.25) is 4.79 Å². The number of nitrogens with zero attached hydrogens (tertiary/aromatic N) is 3. The molecule has 0 saturated heterocycles. The van der Waals surface area contributed by atoms with Crippen molar-refractivity contribution >= 4 is 32.7 Å². The molecular weight excluding hydrogens is 440 g/mol. The minimum absolute atomic E-state index is 0.122. The number of sulfonamides is 1. The highest BCUT2D eigenvalue weighted by Gasteiger charge is 2.23. The normalized spacial score (nSPS) is 11.8. The number of hydrogen-bond acceptors (Lipinski definition) is 5. The second-order valence-corrected chi connectivity index (χ2v) is 9.64. The van der Waals surface area contributed by atoms with Crippen LogP contribution >= 0.6 is 0 Å². The number of nitrogens with one attached hydrogen (secondary N) is 1. The van der Waals surface area contributed by atoms with Gasteiger partial charge in [-0.25, -0.2) is 13.4 Å². The van der Waals surface area contributed by atoms with Gasteiger partial charge in [0.25, 0.3) is 0 Å². The standard InChI is InChI=1S/C24H32N4O4S/c1-5-15-28-22-12-11-20(33(30,31)27(6-2)7-3)17-21(22)26-23(28)13-14-24(29)25-18-9-8-10-19(16-18)32-4/h8-12,16-17H,5-7,13-15H2,1-4H3,(H,25,29). The van der Waals surface area contributed by atoms with Crippen molar-refractivity contribution in [1.82, 2.24) is 13.9 Å². The number of hydrogen-bond donors (Lipinski definition) is 1. The molecule has 3 aromatic rings. The average Bonchev–Trinajstić information content (AvgIpc) is 3.15. The van der Waals surface area contributed by atoms with Gasteiger partial charge in [0.15, 0.2) is 0 Å². The van der Waals surface area contributed by atoms with Gasteiger partial charge in [-0.1, -0.05) is 26.8 Å². The Labute approximate surface area is 195 Å². The van der Waals surface area contributed by atoms with Crippen LogP contribution in [0.2, 0.25) is 0 Å². The van der Waals surface area contributed by atoms with Crippen LogP contribution in [0.15, 0.2) is 47.4 Å². The highest BCUT2D eigenvalue weighted by atomic mass is 32.2. The highest BCUT2D eigenvalue weighted by molar-refractivity contribution is 7.89. The van der Waals surface area contributed by atoms with E-state index in [-0.39, 0.29) is 17.2 Å². The first-order valence-corrected chi connectivity index (χ1v) is 12.7. The molecule has 1 heterocycles.